The van der Waals surface area contributed by atoms with Gasteiger partial charge in [-0.25, -0.2) is 0 Å². The molecule has 1 N–H and O–H groups in total. The van der Waals surface area contributed by atoms with Crippen molar-refractivity contribution in [3.63, 3.8) is 0 Å². The largest absolute Gasteiger partial charge is 0.493 e. The molecule has 0 atom stereocenters. The van der Waals surface area contributed by atoms with Crippen LogP contribution in [0.2, 0.25) is 0 Å². The predicted molar refractivity (Wildman–Crippen MR) is 102 cm³/mol. The van der Waals surface area contributed by atoms with Crippen LogP contribution < -0.4 is 19.5 Å². The second kappa shape index (κ2) is 9.47. The van der Waals surface area contributed by atoms with Gasteiger partial charge in [0.25, 0.3) is 0 Å². The highest BCUT2D eigenvalue weighted by atomic mass is 16.5. The van der Waals surface area contributed by atoms with Crippen LogP contribution in [0.1, 0.15) is 12.5 Å². The van der Waals surface area contributed by atoms with Gasteiger partial charge in [0.2, 0.25) is 5.75 Å². The predicted octanol–water partition coefficient (Wildman–Crippen LogP) is 2.70. The van der Waals surface area contributed by atoms with Crippen LogP contribution in [0.15, 0.2) is 42.5 Å². The van der Waals surface area contributed by atoms with Gasteiger partial charge in [-0.2, -0.15) is 0 Å². The number of benzene rings is 2. The number of nitrogens with zero attached hydrogens (tertiary/aromatic N) is 1. The van der Waals surface area contributed by atoms with Crippen LogP contribution in [0, 0.1) is 0 Å². The van der Waals surface area contributed by atoms with Gasteiger partial charge in [0.05, 0.1) is 21.3 Å². The fourth-order valence-corrected chi connectivity index (χ4v) is 2.61. The van der Waals surface area contributed by atoms with Crippen LogP contribution in [-0.4, -0.2) is 44.6 Å². The summed E-state index contributed by atoms with van der Waals surface area (Å²) < 4.78 is 15.8. The molecule has 2 amide bonds. The van der Waals surface area contributed by atoms with Gasteiger partial charge in [-0.05, 0) is 12.5 Å². The van der Waals surface area contributed by atoms with E-state index < -0.39 is 11.8 Å². The SMILES string of the molecule is CCN(Cc1ccccc1)C(=O)C(=O)Nc1cc(OC)c(OC)c(OC)c1. The van der Waals surface area contributed by atoms with Crippen LogP contribution >= 0.6 is 0 Å². The van der Waals surface area contributed by atoms with E-state index in [1.165, 1.54) is 26.2 Å². The Kier molecular flexibility index (Phi) is 7.05. The van der Waals surface area contributed by atoms with E-state index in [4.69, 9.17) is 14.2 Å². The van der Waals surface area contributed by atoms with E-state index in [0.717, 1.165) is 5.56 Å². The highest BCUT2D eigenvalue weighted by Gasteiger charge is 2.22. The summed E-state index contributed by atoms with van der Waals surface area (Å²) in [6.45, 7) is 2.60. The molecular formula is C20H24N2O5. The number of ether oxygens (including phenoxy) is 3. The van der Waals surface area contributed by atoms with Gasteiger partial charge in [-0.3, -0.25) is 9.59 Å². The quantitative estimate of drug-likeness (QED) is 0.756. The zero-order chi connectivity index (χ0) is 19.8. The molecule has 0 spiro atoms. The maximum absolute atomic E-state index is 12.5. The maximum Gasteiger partial charge on any atom is 0.313 e. The zero-order valence-corrected chi connectivity index (χ0v) is 15.9. The number of amides is 2. The molecule has 7 heteroatoms. The maximum atomic E-state index is 12.5. The topological polar surface area (TPSA) is 77.1 Å². The molecule has 0 aromatic heterocycles. The van der Waals surface area contributed by atoms with Gasteiger partial charge in [0.1, 0.15) is 0 Å². The number of methoxy groups -OCH3 is 3. The van der Waals surface area contributed by atoms with Crippen molar-refractivity contribution in [1.82, 2.24) is 4.90 Å². The summed E-state index contributed by atoms with van der Waals surface area (Å²) in [6, 6.07) is 12.6. The first-order valence-electron chi connectivity index (χ1n) is 8.48. The minimum absolute atomic E-state index is 0.360. The second-order valence-corrected chi connectivity index (χ2v) is 5.67. The molecule has 27 heavy (non-hydrogen) atoms. The molecule has 144 valence electrons. The van der Waals surface area contributed by atoms with Gasteiger partial charge in [-0.15, -0.1) is 0 Å². The summed E-state index contributed by atoms with van der Waals surface area (Å²) in [5.41, 5.74) is 1.33. The Morgan fingerprint density at radius 2 is 1.56 bits per heavy atom. The Labute approximate surface area is 158 Å². The molecule has 2 aromatic rings. The van der Waals surface area contributed by atoms with Crippen molar-refractivity contribution in [2.45, 2.75) is 13.5 Å². The Balaban J connectivity index is 2.16. The highest BCUT2D eigenvalue weighted by molar-refractivity contribution is 6.39. The summed E-state index contributed by atoms with van der Waals surface area (Å²) in [4.78, 5) is 26.5. The number of anilines is 1. The number of likely N-dealkylation sites (N-methyl/N-ethyl adjacent to an activating group) is 1. The lowest BCUT2D eigenvalue weighted by Gasteiger charge is -2.20. The van der Waals surface area contributed by atoms with Crippen molar-refractivity contribution >= 4 is 17.5 Å². The summed E-state index contributed by atoms with van der Waals surface area (Å²) >= 11 is 0. The molecule has 0 fully saturated rings. The van der Waals surface area contributed by atoms with E-state index in [9.17, 15) is 9.59 Å². The normalized spacial score (nSPS) is 10.1. The third kappa shape index (κ3) is 4.91. The number of rotatable bonds is 7. The third-order valence-electron chi connectivity index (χ3n) is 4.00. The van der Waals surface area contributed by atoms with E-state index in [1.54, 1.807) is 12.1 Å². The van der Waals surface area contributed by atoms with Crippen molar-refractivity contribution in [1.29, 1.82) is 0 Å². The number of hydrogen-bond acceptors (Lipinski definition) is 5. The number of hydrogen-bond donors (Lipinski definition) is 1. The van der Waals surface area contributed by atoms with Crippen LogP contribution in [0.3, 0.4) is 0 Å². The Hall–Kier alpha value is -3.22. The van der Waals surface area contributed by atoms with E-state index >= 15 is 0 Å². The molecular weight excluding hydrogens is 348 g/mol. The molecule has 0 saturated heterocycles. The van der Waals surface area contributed by atoms with Crippen LogP contribution in [0.5, 0.6) is 17.2 Å². The van der Waals surface area contributed by atoms with Crippen molar-refractivity contribution in [3.05, 3.63) is 48.0 Å². The van der Waals surface area contributed by atoms with Crippen LogP contribution in [0.25, 0.3) is 0 Å². The second-order valence-electron chi connectivity index (χ2n) is 5.67. The average Bonchev–Trinajstić information content (AvgIpc) is 2.71. The lowest BCUT2D eigenvalue weighted by Crippen LogP contribution is -2.39. The molecule has 0 saturated carbocycles. The van der Waals surface area contributed by atoms with Crippen molar-refractivity contribution < 1.29 is 23.8 Å². The molecule has 7 nitrogen and oxygen atoms in total. The fourth-order valence-electron chi connectivity index (χ4n) is 2.61. The van der Waals surface area contributed by atoms with E-state index in [2.05, 4.69) is 5.32 Å². The summed E-state index contributed by atoms with van der Waals surface area (Å²) in [5.74, 6) is -0.173. The lowest BCUT2D eigenvalue weighted by molar-refractivity contribution is -0.143. The molecule has 0 heterocycles. The first-order valence-corrected chi connectivity index (χ1v) is 8.48. The standard InChI is InChI=1S/C20H24N2O5/c1-5-22(13-14-9-7-6-8-10-14)20(24)19(23)21-15-11-16(25-2)18(27-4)17(12-15)26-3/h6-12H,5,13H2,1-4H3,(H,21,23). The van der Waals surface area contributed by atoms with Crippen molar-refractivity contribution in [3.8, 4) is 17.2 Å². The zero-order valence-electron chi connectivity index (χ0n) is 15.9. The Bertz CT molecular complexity index is 767. The molecule has 0 aliphatic heterocycles. The number of carbonyl (C=O) groups is 2. The smallest absolute Gasteiger partial charge is 0.313 e. The molecule has 2 rings (SSSR count). The first kappa shape index (κ1) is 20.1. The van der Waals surface area contributed by atoms with Gasteiger partial charge < -0.3 is 24.4 Å². The first-order chi connectivity index (χ1) is 13.0. The van der Waals surface area contributed by atoms with E-state index in [-0.39, 0.29) is 0 Å². The van der Waals surface area contributed by atoms with E-state index in [0.29, 0.717) is 36.0 Å². The summed E-state index contributed by atoms with van der Waals surface area (Å²) in [6.07, 6.45) is 0. The molecule has 0 aliphatic rings. The Morgan fingerprint density at radius 3 is 2.04 bits per heavy atom. The van der Waals surface area contributed by atoms with Gasteiger partial charge in [-0.1, -0.05) is 30.3 Å². The molecule has 0 unspecified atom stereocenters. The molecule has 0 radical (unpaired) electrons. The summed E-state index contributed by atoms with van der Waals surface area (Å²) in [7, 11) is 4.45. The van der Waals surface area contributed by atoms with Crippen LogP contribution in [0.4, 0.5) is 5.69 Å². The molecule has 2 aromatic carbocycles. The number of carbonyl (C=O) groups excluding carboxylic acids is 2. The third-order valence-corrected chi connectivity index (χ3v) is 4.00. The summed E-state index contributed by atoms with van der Waals surface area (Å²) in [5, 5.41) is 2.60. The van der Waals surface area contributed by atoms with Crippen LogP contribution in [-0.2, 0) is 16.1 Å². The van der Waals surface area contributed by atoms with E-state index in [1.807, 2.05) is 37.3 Å². The fraction of sp³-hybridized carbons (Fsp3) is 0.300. The van der Waals surface area contributed by atoms with Gasteiger partial charge in [0, 0.05) is 30.9 Å². The van der Waals surface area contributed by atoms with Crippen molar-refractivity contribution in [2.75, 3.05) is 33.2 Å². The monoisotopic (exact) mass is 372 g/mol. The minimum atomic E-state index is -0.734. The molecule has 0 aliphatic carbocycles. The van der Waals surface area contributed by atoms with Gasteiger partial charge in [0.15, 0.2) is 11.5 Å². The number of nitrogens with one attached hydrogen (secondary N) is 1. The highest BCUT2D eigenvalue weighted by Crippen LogP contribution is 2.39. The van der Waals surface area contributed by atoms with Crippen molar-refractivity contribution in [2.24, 2.45) is 0 Å². The Morgan fingerprint density at radius 1 is 0.963 bits per heavy atom. The minimum Gasteiger partial charge on any atom is -0.493 e. The van der Waals surface area contributed by atoms with Gasteiger partial charge >= 0.3 is 11.8 Å². The molecule has 0 bridgehead atoms. The lowest BCUT2D eigenvalue weighted by atomic mass is 10.2. The average molecular weight is 372 g/mol.